The molecule has 0 aliphatic heterocycles. The molecule has 0 bridgehead atoms. The van der Waals surface area contributed by atoms with Gasteiger partial charge in [0.05, 0.1) is 0 Å². The molecule has 0 atom stereocenters. The Morgan fingerprint density at radius 2 is 0.833 bits per heavy atom. The van der Waals surface area contributed by atoms with E-state index in [1.807, 2.05) is 0 Å². The van der Waals surface area contributed by atoms with Gasteiger partial charge in [-0.2, -0.15) is 0 Å². The molecule has 0 fully saturated rings. The molecule has 0 radical (unpaired) electrons. The van der Waals surface area contributed by atoms with Gasteiger partial charge in [0, 0.05) is 0 Å². The lowest BCUT2D eigenvalue weighted by Gasteiger charge is -2.20. The summed E-state index contributed by atoms with van der Waals surface area (Å²) < 4.78 is 0. The average Bonchev–Trinajstić information content (AvgIpc) is 2.57. The van der Waals surface area contributed by atoms with Gasteiger partial charge in [-0.05, 0) is 5.04 Å². The SMILES string of the molecule is CCCCCCCCCCCCCCCCCCCC(C)(C)[SiH2]Br. The zero-order chi connectivity index (χ0) is 17.9. The topological polar surface area (TPSA) is 0 Å². The predicted molar refractivity (Wildman–Crippen MR) is 120 cm³/mol. The fourth-order valence-electron chi connectivity index (χ4n) is 3.40. The van der Waals surface area contributed by atoms with Crippen molar-refractivity contribution in [1.29, 1.82) is 0 Å². The van der Waals surface area contributed by atoms with Gasteiger partial charge in [-0.25, -0.2) is 0 Å². The smallest absolute Gasteiger partial charge is 0.104 e. The van der Waals surface area contributed by atoms with Gasteiger partial charge in [-0.1, -0.05) is 136 Å². The highest BCUT2D eigenvalue weighted by Crippen LogP contribution is 2.31. The summed E-state index contributed by atoms with van der Waals surface area (Å²) in [5.41, 5.74) is 0. The molecule has 0 heterocycles. The Kier molecular flexibility index (Phi) is 19.0. The van der Waals surface area contributed by atoms with Crippen molar-refractivity contribution in [3.8, 4) is 0 Å². The molecule has 0 spiro atoms. The third kappa shape index (κ3) is 19.0. The van der Waals surface area contributed by atoms with E-state index in [2.05, 4.69) is 36.1 Å². The van der Waals surface area contributed by atoms with E-state index in [1.165, 1.54) is 116 Å². The largest absolute Gasteiger partial charge is 0.135 e. The first kappa shape index (κ1) is 24.7. The Morgan fingerprint density at radius 3 is 1.12 bits per heavy atom. The Labute approximate surface area is 164 Å². The van der Waals surface area contributed by atoms with Gasteiger partial charge in [-0.3, -0.25) is 0 Å². The number of unbranched alkanes of at least 4 members (excludes halogenated alkanes) is 16. The van der Waals surface area contributed by atoms with Crippen molar-refractivity contribution >= 4 is 23.4 Å². The molecule has 0 aliphatic rings. The van der Waals surface area contributed by atoms with Crippen LogP contribution < -0.4 is 0 Å². The van der Waals surface area contributed by atoms with Gasteiger partial charge >= 0.3 is 0 Å². The predicted octanol–water partition coefficient (Wildman–Crippen LogP) is 8.71. The molecular formula is C22H47BrSi. The van der Waals surface area contributed by atoms with Crippen molar-refractivity contribution in [2.45, 2.75) is 141 Å². The van der Waals surface area contributed by atoms with Crippen LogP contribution in [0.3, 0.4) is 0 Å². The van der Waals surface area contributed by atoms with Crippen LogP contribution in [0, 0.1) is 0 Å². The maximum absolute atomic E-state index is 3.76. The van der Waals surface area contributed by atoms with Crippen LogP contribution in [0.15, 0.2) is 0 Å². The zero-order valence-corrected chi connectivity index (χ0v) is 20.3. The van der Waals surface area contributed by atoms with E-state index in [4.69, 9.17) is 0 Å². The first-order chi connectivity index (χ1) is 11.6. The standard InChI is InChI=1S/C22H47BrSi/c1-4-5-6-7-8-9-10-11-12-13-14-15-16-17-18-19-20-21-22(2,3)24-23/h4-21,24H2,1-3H3. The average molecular weight is 420 g/mol. The molecule has 146 valence electrons. The quantitative estimate of drug-likeness (QED) is 0.112. The molecule has 0 N–H and O–H groups in total. The molecule has 0 rings (SSSR count). The molecule has 0 nitrogen and oxygen atoms in total. The molecule has 0 aromatic carbocycles. The number of hydrogen-bond donors (Lipinski definition) is 0. The first-order valence-corrected chi connectivity index (χ1v) is 15.8. The fraction of sp³-hybridized carbons (Fsp3) is 1.00. The Hall–Kier alpha value is 0.697. The van der Waals surface area contributed by atoms with Crippen LogP contribution in [0.2, 0.25) is 5.04 Å². The summed E-state index contributed by atoms with van der Waals surface area (Å²) in [6, 6.07) is 0. The van der Waals surface area contributed by atoms with E-state index < -0.39 is 0 Å². The van der Waals surface area contributed by atoms with Gasteiger partial charge in [0.1, 0.15) is 8.14 Å². The van der Waals surface area contributed by atoms with Crippen LogP contribution in [-0.4, -0.2) is 8.14 Å². The van der Waals surface area contributed by atoms with Crippen LogP contribution >= 0.6 is 15.3 Å². The molecule has 0 aromatic rings. The van der Waals surface area contributed by atoms with Crippen molar-refractivity contribution < 1.29 is 0 Å². The normalized spacial score (nSPS) is 12.5. The van der Waals surface area contributed by atoms with Crippen LogP contribution in [-0.2, 0) is 0 Å². The molecule has 0 unspecified atom stereocenters. The Bertz CT molecular complexity index is 240. The Balaban J connectivity index is 3.05. The lowest BCUT2D eigenvalue weighted by atomic mass is 10.0. The minimum Gasteiger partial charge on any atom is -0.135 e. The molecule has 0 saturated carbocycles. The summed E-state index contributed by atoms with van der Waals surface area (Å²) in [6.07, 6.45) is 26.4. The lowest BCUT2D eigenvalue weighted by Crippen LogP contribution is -2.07. The van der Waals surface area contributed by atoms with E-state index in [0.29, 0.717) is 5.04 Å². The molecule has 0 aromatic heterocycles. The second-order valence-electron chi connectivity index (χ2n) is 8.70. The number of halogens is 1. The van der Waals surface area contributed by atoms with Crippen molar-refractivity contribution in [1.82, 2.24) is 0 Å². The monoisotopic (exact) mass is 418 g/mol. The van der Waals surface area contributed by atoms with Gasteiger partial charge in [-0.15, -0.1) is 15.3 Å². The van der Waals surface area contributed by atoms with Crippen molar-refractivity contribution in [2.75, 3.05) is 0 Å². The first-order valence-electron chi connectivity index (χ1n) is 11.2. The Morgan fingerprint density at radius 1 is 0.542 bits per heavy atom. The molecule has 0 saturated heterocycles. The highest BCUT2D eigenvalue weighted by Gasteiger charge is 2.15. The summed E-state index contributed by atoms with van der Waals surface area (Å²) in [5, 5.41) is 0.634. The molecule has 2 heteroatoms. The summed E-state index contributed by atoms with van der Waals surface area (Å²) in [7, 11) is -0.0126. The van der Waals surface area contributed by atoms with Crippen LogP contribution in [0.4, 0.5) is 0 Å². The van der Waals surface area contributed by atoms with Crippen molar-refractivity contribution in [2.24, 2.45) is 0 Å². The zero-order valence-electron chi connectivity index (χ0n) is 17.3. The molecular weight excluding hydrogens is 372 g/mol. The van der Waals surface area contributed by atoms with E-state index in [-0.39, 0.29) is 8.14 Å². The molecule has 0 aliphatic carbocycles. The lowest BCUT2D eigenvalue weighted by molar-refractivity contribution is 0.509. The van der Waals surface area contributed by atoms with Gasteiger partial charge < -0.3 is 0 Å². The van der Waals surface area contributed by atoms with E-state index in [1.54, 1.807) is 0 Å². The molecule has 24 heavy (non-hydrogen) atoms. The maximum Gasteiger partial charge on any atom is 0.104 e. The minimum atomic E-state index is -0.0126. The van der Waals surface area contributed by atoms with E-state index in [0.717, 1.165) is 0 Å². The highest BCUT2D eigenvalue weighted by atomic mass is 79.9. The van der Waals surface area contributed by atoms with Gasteiger partial charge in [0.2, 0.25) is 0 Å². The van der Waals surface area contributed by atoms with Gasteiger partial charge in [0.15, 0.2) is 0 Å². The number of hydrogen-bond acceptors (Lipinski definition) is 0. The van der Waals surface area contributed by atoms with Crippen LogP contribution in [0.25, 0.3) is 0 Å². The second kappa shape index (κ2) is 18.5. The second-order valence-corrected chi connectivity index (χ2v) is 12.6. The van der Waals surface area contributed by atoms with Crippen molar-refractivity contribution in [3.63, 3.8) is 0 Å². The van der Waals surface area contributed by atoms with Crippen LogP contribution in [0.1, 0.15) is 136 Å². The van der Waals surface area contributed by atoms with Crippen LogP contribution in [0.5, 0.6) is 0 Å². The third-order valence-corrected chi connectivity index (χ3v) is 10.9. The molecule has 0 amide bonds. The minimum absolute atomic E-state index is 0.0126. The number of rotatable bonds is 19. The van der Waals surface area contributed by atoms with Crippen molar-refractivity contribution in [3.05, 3.63) is 0 Å². The highest BCUT2D eigenvalue weighted by molar-refractivity contribution is 9.23. The van der Waals surface area contributed by atoms with E-state index >= 15 is 0 Å². The summed E-state index contributed by atoms with van der Waals surface area (Å²) in [4.78, 5) is 0. The summed E-state index contributed by atoms with van der Waals surface area (Å²) in [6.45, 7) is 7.16. The van der Waals surface area contributed by atoms with E-state index in [9.17, 15) is 0 Å². The summed E-state index contributed by atoms with van der Waals surface area (Å²) in [5.74, 6) is 0. The third-order valence-electron chi connectivity index (χ3n) is 5.32. The fourth-order valence-corrected chi connectivity index (χ4v) is 4.62. The maximum atomic E-state index is 3.76. The summed E-state index contributed by atoms with van der Waals surface area (Å²) >= 11 is 3.76. The van der Waals surface area contributed by atoms with Gasteiger partial charge in [0.25, 0.3) is 0 Å².